The van der Waals surface area contributed by atoms with Crippen molar-refractivity contribution in [2.45, 2.75) is 12.8 Å². The predicted octanol–water partition coefficient (Wildman–Crippen LogP) is 5.79. The van der Waals surface area contributed by atoms with Crippen molar-refractivity contribution < 1.29 is 9.47 Å². The predicted molar refractivity (Wildman–Crippen MR) is 193 cm³/mol. The van der Waals surface area contributed by atoms with Crippen LogP contribution in [0.15, 0.2) is 97.1 Å². The van der Waals surface area contributed by atoms with Crippen LogP contribution in [0.4, 0.5) is 0 Å². The first-order valence-corrected chi connectivity index (χ1v) is 17.7. The number of nitrogens with one attached hydrogen (secondary N) is 4. The highest BCUT2D eigenvalue weighted by atomic mass is 79.9. The van der Waals surface area contributed by atoms with Gasteiger partial charge in [-0.25, -0.2) is 0 Å². The number of hydrogen-bond donors (Lipinski definition) is 4. The van der Waals surface area contributed by atoms with Crippen LogP contribution in [0, 0.1) is 0 Å². The lowest BCUT2D eigenvalue weighted by atomic mass is 10.0. The number of fused-ring (bicyclic) bond motifs is 8. The topological polar surface area (TPSA) is 81.6 Å². The number of alkyl halides is 2. The minimum Gasteiger partial charge on any atom is -0.494 e. The summed E-state index contributed by atoms with van der Waals surface area (Å²) in [5.74, 6) is 1.70. The lowest BCUT2D eigenvalue weighted by Gasteiger charge is -2.11. The Morgan fingerprint density at radius 3 is 1.48 bits per heavy atom. The Bertz CT molecular complexity index is 2070. The van der Waals surface area contributed by atoms with Crippen molar-refractivity contribution in [3.63, 3.8) is 0 Å². The number of rotatable bonds is 10. The molecule has 6 nitrogen and oxygen atoms in total. The van der Waals surface area contributed by atoms with Crippen molar-refractivity contribution in [1.82, 2.24) is 19.9 Å². The molecule has 1 aliphatic heterocycles. The van der Waals surface area contributed by atoms with Crippen LogP contribution in [0.5, 0.6) is 11.5 Å². The number of aromatic amines is 4. The van der Waals surface area contributed by atoms with E-state index in [-0.39, 0.29) is 0 Å². The first-order chi connectivity index (χ1) is 22.7. The molecule has 0 unspecified atom stereocenters. The largest absolute Gasteiger partial charge is 0.494 e. The van der Waals surface area contributed by atoms with Crippen molar-refractivity contribution in [2.75, 3.05) is 23.9 Å². The molecule has 5 heterocycles. The summed E-state index contributed by atoms with van der Waals surface area (Å²) in [6, 6.07) is 33.7. The molecule has 0 amide bonds. The van der Waals surface area contributed by atoms with E-state index in [0.717, 1.165) is 101 Å². The second-order valence-corrected chi connectivity index (χ2v) is 12.8. The zero-order valence-corrected chi connectivity index (χ0v) is 28.4. The summed E-state index contributed by atoms with van der Waals surface area (Å²) in [6.07, 6.45) is 6.14. The lowest BCUT2D eigenvalue weighted by molar-refractivity contribution is 0.319. The minimum absolute atomic E-state index is 0.656. The summed E-state index contributed by atoms with van der Waals surface area (Å²) in [5, 5.41) is 5.85. The van der Waals surface area contributed by atoms with Gasteiger partial charge in [-0.15, -0.1) is 0 Å². The van der Waals surface area contributed by atoms with Gasteiger partial charge in [0.1, 0.15) is 11.5 Å². The van der Waals surface area contributed by atoms with E-state index in [1.54, 1.807) is 0 Å². The molecule has 6 aromatic rings. The van der Waals surface area contributed by atoms with Gasteiger partial charge in [-0.3, -0.25) is 0 Å². The molecule has 0 radical (unpaired) electrons. The zero-order valence-electron chi connectivity index (χ0n) is 25.2. The van der Waals surface area contributed by atoms with E-state index in [4.69, 9.17) is 9.47 Å². The van der Waals surface area contributed by atoms with Gasteiger partial charge in [-0.1, -0.05) is 56.1 Å². The van der Waals surface area contributed by atoms with Gasteiger partial charge in [0.2, 0.25) is 0 Å². The molecular formula is C38H34Br2N4O2. The Morgan fingerprint density at radius 1 is 0.500 bits per heavy atom. The minimum atomic E-state index is 0.656. The lowest BCUT2D eigenvalue weighted by Crippen LogP contribution is -2.16. The fourth-order valence-electron chi connectivity index (χ4n) is 5.79. The van der Waals surface area contributed by atoms with Crippen LogP contribution in [0.2, 0.25) is 0 Å². The van der Waals surface area contributed by atoms with Gasteiger partial charge >= 0.3 is 0 Å². The average Bonchev–Trinajstić information content (AvgIpc) is 3.89. The van der Waals surface area contributed by atoms with Crippen molar-refractivity contribution in [3.8, 4) is 11.5 Å². The molecule has 4 N–H and O–H groups in total. The maximum atomic E-state index is 6.10. The van der Waals surface area contributed by atoms with Gasteiger partial charge in [0.05, 0.1) is 13.2 Å². The third-order valence-electron chi connectivity index (χ3n) is 7.87. The Morgan fingerprint density at radius 2 is 1.00 bits per heavy atom. The number of hydrogen-bond acceptors (Lipinski definition) is 2. The quantitative estimate of drug-likeness (QED) is 0.106. The standard InChI is InChI=1S/C38H34Br2N4O2/c39-17-3-19-45-31-7-1-5-25(21-31)37-33-13-11-29(42-33)23-27-9-10-28(41-27)24-30-12-14-34(43-30)38(36-16-15-35(37)44-36)26-6-2-8-32(22-26)46-20-4-18-40/h1-2,5-16,21-24,41-44H,3-4,17-20H2. The summed E-state index contributed by atoms with van der Waals surface area (Å²) in [5.41, 5.74) is 8.27. The number of ether oxygens (including phenoxy) is 2. The van der Waals surface area contributed by atoms with Crippen LogP contribution in [0.1, 0.15) is 46.7 Å². The Balaban J connectivity index is 1.44. The molecule has 1 aliphatic rings. The highest BCUT2D eigenvalue weighted by molar-refractivity contribution is 9.09. The van der Waals surface area contributed by atoms with E-state index in [0.29, 0.717) is 13.2 Å². The van der Waals surface area contributed by atoms with E-state index in [9.17, 15) is 0 Å². The zero-order chi connectivity index (χ0) is 31.3. The van der Waals surface area contributed by atoms with Crippen LogP contribution in [-0.4, -0.2) is 43.8 Å². The first-order valence-electron chi connectivity index (χ1n) is 15.5. The molecule has 0 aliphatic carbocycles. The van der Waals surface area contributed by atoms with Gasteiger partial charge in [0, 0.05) is 66.0 Å². The van der Waals surface area contributed by atoms with E-state index < -0.39 is 0 Å². The monoisotopic (exact) mass is 736 g/mol. The Kier molecular flexibility index (Phi) is 9.17. The molecular weight excluding hydrogens is 704 g/mol. The first kappa shape index (κ1) is 30.3. The third-order valence-corrected chi connectivity index (χ3v) is 8.99. The van der Waals surface area contributed by atoms with Crippen LogP contribution >= 0.6 is 31.9 Å². The number of H-pyrrole nitrogens is 4. The van der Waals surface area contributed by atoms with Crippen LogP contribution in [0.3, 0.4) is 0 Å². The molecule has 8 bridgehead atoms. The van der Waals surface area contributed by atoms with Crippen molar-refractivity contribution >= 4 is 55.2 Å². The number of aromatic nitrogens is 4. The summed E-state index contributed by atoms with van der Waals surface area (Å²) in [6.45, 7) is 1.31. The van der Waals surface area contributed by atoms with E-state index in [1.165, 1.54) is 0 Å². The van der Waals surface area contributed by atoms with Crippen LogP contribution < -0.4 is 30.9 Å². The van der Waals surface area contributed by atoms with Crippen molar-refractivity contribution in [2.24, 2.45) is 0 Å². The second-order valence-electron chi connectivity index (χ2n) is 11.2. The maximum absolute atomic E-state index is 6.10. The molecule has 232 valence electrons. The molecule has 4 aromatic heterocycles. The average molecular weight is 739 g/mol. The highest BCUT2D eigenvalue weighted by Crippen LogP contribution is 2.28. The van der Waals surface area contributed by atoms with E-state index >= 15 is 0 Å². The Hall–Kier alpha value is -4.40. The highest BCUT2D eigenvalue weighted by Gasteiger charge is 2.16. The summed E-state index contributed by atoms with van der Waals surface area (Å²) < 4.78 is 12.2. The second kappa shape index (κ2) is 13.9. The molecule has 0 atom stereocenters. The molecule has 7 rings (SSSR count). The number of benzene rings is 2. The van der Waals surface area contributed by atoms with Gasteiger partial charge < -0.3 is 29.4 Å². The summed E-state index contributed by atoms with van der Waals surface area (Å²) >= 11 is 7.01. The van der Waals surface area contributed by atoms with Crippen molar-refractivity contribution in [1.29, 1.82) is 0 Å². The molecule has 2 aromatic carbocycles. The summed E-state index contributed by atoms with van der Waals surface area (Å²) in [4.78, 5) is 14.7. The fourth-order valence-corrected chi connectivity index (χ4v) is 6.25. The Labute approximate surface area is 283 Å². The fraction of sp³-hybridized carbons (Fsp3) is 0.158. The normalized spacial score (nSPS) is 12.5. The molecule has 46 heavy (non-hydrogen) atoms. The number of halogens is 2. The summed E-state index contributed by atoms with van der Waals surface area (Å²) in [7, 11) is 0. The smallest absolute Gasteiger partial charge is 0.119 e. The molecule has 8 heteroatoms. The van der Waals surface area contributed by atoms with Crippen LogP contribution in [-0.2, 0) is 0 Å². The van der Waals surface area contributed by atoms with Crippen LogP contribution in [0.25, 0.3) is 23.3 Å². The van der Waals surface area contributed by atoms with Gasteiger partial charge in [-0.05, 0) is 109 Å². The molecule has 0 saturated carbocycles. The molecule has 0 fully saturated rings. The molecule has 0 saturated heterocycles. The SMILES string of the molecule is BrCCCOc1cccc(C2=c3ccc([nH]3)=Cc3ccc([nH]3)C=c3ccc([nH]3)=C(c3cccc(OCCCBr)c3)c3ccc2[nH]3)c1. The van der Waals surface area contributed by atoms with Crippen molar-refractivity contribution in [3.05, 3.63) is 152 Å². The van der Waals surface area contributed by atoms with Gasteiger partial charge in [0.25, 0.3) is 0 Å². The van der Waals surface area contributed by atoms with Gasteiger partial charge in [0.15, 0.2) is 0 Å². The van der Waals surface area contributed by atoms with E-state index in [2.05, 4.69) is 149 Å². The molecule has 0 spiro atoms. The van der Waals surface area contributed by atoms with Gasteiger partial charge in [-0.2, -0.15) is 0 Å². The maximum Gasteiger partial charge on any atom is 0.119 e. The third kappa shape index (κ3) is 6.73. The van der Waals surface area contributed by atoms with E-state index in [1.807, 2.05) is 12.1 Å².